The van der Waals surface area contributed by atoms with Gasteiger partial charge in [0.05, 0.1) is 6.54 Å². The van der Waals surface area contributed by atoms with Crippen molar-refractivity contribution in [1.82, 2.24) is 10.2 Å². The zero-order valence-corrected chi connectivity index (χ0v) is 17.8. The Morgan fingerprint density at radius 1 is 1.10 bits per heavy atom. The zero-order chi connectivity index (χ0) is 20.5. The summed E-state index contributed by atoms with van der Waals surface area (Å²) in [5.41, 5.74) is 3.99. The van der Waals surface area contributed by atoms with Crippen LogP contribution in [0.5, 0.6) is 5.75 Å². The summed E-state index contributed by atoms with van der Waals surface area (Å²) in [6.45, 7) is 8.30. The molecule has 1 N–H and O–H groups in total. The molecule has 1 amide bonds. The van der Waals surface area contributed by atoms with Gasteiger partial charge >= 0.3 is 0 Å². The van der Waals surface area contributed by atoms with Crippen molar-refractivity contribution in [2.75, 3.05) is 26.2 Å². The third kappa shape index (κ3) is 6.90. The topological polar surface area (TPSA) is 41.6 Å². The molecule has 1 aliphatic heterocycles. The highest BCUT2D eigenvalue weighted by molar-refractivity contribution is 5.78. The largest absolute Gasteiger partial charge is 0.492 e. The number of amides is 1. The molecule has 29 heavy (non-hydrogen) atoms. The number of hydrogen-bond acceptors (Lipinski definition) is 3. The molecule has 0 saturated carbocycles. The van der Waals surface area contributed by atoms with Crippen LogP contribution in [0.15, 0.2) is 48.5 Å². The number of nitrogens with one attached hydrogen (secondary N) is 1. The predicted molar refractivity (Wildman–Crippen MR) is 118 cm³/mol. The van der Waals surface area contributed by atoms with Gasteiger partial charge in [0.2, 0.25) is 5.91 Å². The standard InChI is InChI=1S/C25H34N2O2/c1-3-5-21-8-10-24(11-9-21)29-17-14-26-25(28)23-12-15-27(16-13-23)19-22-7-4-6-20(2)18-22/h4,6-11,18,23H,3,5,12-17,19H2,1-2H3,(H,26,28). The average molecular weight is 395 g/mol. The molecular weight excluding hydrogens is 360 g/mol. The van der Waals surface area contributed by atoms with Gasteiger partial charge in [-0.15, -0.1) is 0 Å². The first-order valence-corrected chi connectivity index (χ1v) is 10.9. The molecular formula is C25H34N2O2. The van der Waals surface area contributed by atoms with Crippen molar-refractivity contribution in [3.05, 3.63) is 65.2 Å². The second kappa shape index (κ2) is 11.0. The van der Waals surface area contributed by atoms with Crippen LogP contribution in [-0.2, 0) is 17.8 Å². The van der Waals surface area contributed by atoms with Crippen molar-refractivity contribution in [2.45, 2.75) is 46.1 Å². The molecule has 1 aliphatic rings. The van der Waals surface area contributed by atoms with Crippen LogP contribution in [0.2, 0.25) is 0 Å². The number of aryl methyl sites for hydroxylation is 2. The van der Waals surface area contributed by atoms with E-state index in [9.17, 15) is 4.79 Å². The summed E-state index contributed by atoms with van der Waals surface area (Å²) in [5.74, 6) is 1.16. The van der Waals surface area contributed by atoms with Crippen LogP contribution in [0.1, 0.15) is 42.9 Å². The van der Waals surface area contributed by atoms with Crippen LogP contribution in [0.3, 0.4) is 0 Å². The van der Waals surface area contributed by atoms with E-state index in [0.717, 1.165) is 51.1 Å². The normalized spacial score (nSPS) is 15.2. The molecule has 0 bridgehead atoms. The molecule has 1 saturated heterocycles. The molecule has 2 aromatic carbocycles. The quantitative estimate of drug-likeness (QED) is 0.643. The summed E-state index contributed by atoms with van der Waals surface area (Å²) in [5, 5.41) is 3.04. The highest BCUT2D eigenvalue weighted by atomic mass is 16.5. The molecule has 0 unspecified atom stereocenters. The van der Waals surface area contributed by atoms with E-state index in [1.807, 2.05) is 12.1 Å². The Hall–Kier alpha value is -2.33. The van der Waals surface area contributed by atoms with Crippen LogP contribution >= 0.6 is 0 Å². The fraction of sp³-hybridized carbons (Fsp3) is 0.480. The molecule has 3 rings (SSSR count). The van der Waals surface area contributed by atoms with Gasteiger partial charge in [0, 0.05) is 12.5 Å². The summed E-state index contributed by atoms with van der Waals surface area (Å²) in [4.78, 5) is 14.9. The van der Waals surface area contributed by atoms with Gasteiger partial charge in [-0.1, -0.05) is 55.3 Å². The Kier molecular flexibility index (Phi) is 8.12. The van der Waals surface area contributed by atoms with E-state index in [1.54, 1.807) is 0 Å². The lowest BCUT2D eigenvalue weighted by molar-refractivity contribution is -0.126. The van der Waals surface area contributed by atoms with E-state index in [4.69, 9.17) is 4.74 Å². The van der Waals surface area contributed by atoms with Gasteiger partial charge in [-0.05, 0) is 62.5 Å². The maximum Gasteiger partial charge on any atom is 0.223 e. The van der Waals surface area contributed by atoms with Crippen molar-refractivity contribution < 1.29 is 9.53 Å². The van der Waals surface area contributed by atoms with Crippen LogP contribution in [-0.4, -0.2) is 37.0 Å². The first-order valence-electron chi connectivity index (χ1n) is 10.9. The number of rotatable bonds is 9. The predicted octanol–water partition coefficient (Wildman–Crippen LogP) is 4.35. The van der Waals surface area contributed by atoms with E-state index in [-0.39, 0.29) is 11.8 Å². The van der Waals surface area contributed by atoms with Crippen LogP contribution < -0.4 is 10.1 Å². The first-order chi connectivity index (χ1) is 14.1. The molecule has 0 atom stereocenters. The third-order valence-corrected chi connectivity index (χ3v) is 5.58. The van der Waals surface area contributed by atoms with Crippen LogP contribution in [0.4, 0.5) is 0 Å². The lowest BCUT2D eigenvalue weighted by Gasteiger charge is -2.31. The Bertz CT molecular complexity index is 765. The van der Waals surface area contributed by atoms with Crippen molar-refractivity contribution in [3.8, 4) is 5.75 Å². The monoisotopic (exact) mass is 394 g/mol. The number of nitrogens with zero attached hydrogens (tertiary/aromatic N) is 1. The SMILES string of the molecule is CCCc1ccc(OCCNC(=O)C2CCN(Cc3cccc(C)c3)CC2)cc1. The molecule has 0 aliphatic carbocycles. The highest BCUT2D eigenvalue weighted by Crippen LogP contribution is 2.19. The van der Waals surface area contributed by atoms with Crippen LogP contribution in [0, 0.1) is 12.8 Å². The summed E-state index contributed by atoms with van der Waals surface area (Å²) in [6, 6.07) is 16.9. The van der Waals surface area contributed by atoms with Crippen molar-refractivity contribution in [3.63, 3.8) is 0 Å². The number of ether oxygens (including phenoxy) is 1. The lowest BCUT2D eigenvalue weighted by atomic mass is 9.95. The summed E-state index contributed by atoms with van der Waals surface area (Å²) in [7, 11) is 0. The van der Waals surface area contributed by atoms with Crippen molar-refractivity contribution >= 4 is 5.91 Å². The second-order valence-electron chi connectivity index (χ2n) is 8.07. The van der Waals surface area contributed by atoms with Gasteiger partial charge in [-0.25, -0.2) is 0 Å². The fourth-order valence-electron chi connectivity index (χ4n) is 3.95. The van der Waals surface area contributed by atoms with Gasteiger partial charge in [0.15, 0.2) is 0 Å². The van der Waals surface area contributed by atoms with Gasteiger partial charge in [0.1, 0.15) is 12.4 Å². The Morgan fingerprint density at radius 2 is 1.86 bits per heavy atom. The minimum atomic E-state index is 0.122. The molecule has 0 aromatic heterocycles. The van der Waals surface area contributed by atoms with E-state index in [1.165, 1.54) is 16.7 Å². The fourth-order valence-corrected chi connectivity index (χ4v) is 3.95. The first kappa shape index (κ1) is 21.4. The van der Waals surface area contributed by atoms with Crippen molar-refractivity contribution in [1.29, 1.82) is 0 Å². The molecule has 156 valence electrons. The van der Waals surface area contributed by atoms with Crippen LogP contribution in [0.25, 0.3) is 0 Å². The second-order valence-corrected chi connectivity index (χ2v) is 8.07. The number of carbonyl (C=O) groups excluding carboxylic acids is 1. The molecule has 2 aromatic rings. The molecule has 1 heterocycles. The Morgan fingerprint density at radius 3 is 2.55 bits per heavy atom. The maximum atomic E-state index is 12.5. The smallest absolute Gasteiger partial charge is 0.223 e. The summed E-state index contributed by atoms with van der Waals surface area (Å²) in [6.07, 6.45) is 4.10. The molecule has 0 spiro atoms. The van der Waals surface area contributed by atoms with Crippen molar-refractivity contribution in [2.24, 2.45) is 5.92 Å². The Balaban J connectivity index is 1.32. The third-order valence-electron chi connectivity index (χ3n) is 5.58. The number of likely N-dealkylation sites (tertiary alicyclic amines) is 1. The zero-order valence-electron chi connectivity index (χ0n) is 17.8. The Labute approximate surface area is 175 Å². The molecule has 1 fully saturated rings. The lowest BCUT2D eigenvalue weighted by Crippen LogP contribution is -2.41. The highest BCUT2D eigenvalue weighted by Gasteiger charge is 2.24. The summed E-state index contributed by atoms with van der Waals surface area (Å²) < 4.78 is 5.75. The number of hydrogen-bond donors (Lipinski definition) is 1. The summed E-state index contributed by atoms with van der Waals surface area (Å²) >= 11 is 0. The number of carbonyl (C=O) groups is 1. The molecule has 0 radical (unpaired) electrons. The maximum absolute atomic E-state index is 12.5. The van der Waals surface area contributed by atoms with Gasteiger partial charge in [-0.3, -0.25) is 9.69 Å². The number of piperidine rings is 1. The molecule has 4 nitrogen and oxygen atoms in total. The van der Waals surface area contributed by atoms with Gasteiger partial charge in [-0.2, -0.15) is 0 Å². The van der Waals surface area contributed by atoms with E-state index in [2.05, 4.69) is 60.5 Å². The minimum Gasteiger partial charge on any atom is -0.492 e. The van der Waals surface area contributed by atoms with E-state index < -0.39 is 0 Å². The van der Waals surface area contributed by atoms with E-state index in [0.29, 0.717) is 13.2 Å². The van der Waals surface area contributed by atoms with Gasteiger partial charge < -0.3 is 10.1 Å². The minimum absolute atomic E-state index is 0.122. The van der Waals surface area contributed by atoms with E-state index >= 15 is 0 Å². The average Bonchev–Trinajstić information content (AvgIpc) is 2.73. The molecule has 4 heteroatoms. The van der Waals surface area contributed by atoms with Gasteiger partial charge in [0.25, 0.3) is 0 Å². The number of benzene rings is 2.